The lowest BCUT2D eigenvalue weighted by molar-refractivity contribution is -0.119. The number of nitrogens with zero attached hydrogens (tertiary/aromatic N) is 2. The van der Waals surface area contributed by atoms with E-state index >= 15 is 0 Å². The van der Waals surface area contributed by atoms with Crippen LogP contribution in [0, 0.1) is 5.82 Å². The summed E-state index contributed by atoms with van der Waals surface area (Å²) in [7, 11) is 0. The fourth-order valence-corrected chi connectivity index (χ4v) is 4.84. The molecule has 144 valence electrons. The van der Waals surface area contributed by atoms with Crippen LogP contribution in [0.1, 0.15) is 30.0 Å². The van der Waals surface area contributed by atoms with Gasteiger partial charge in [0.1, 0.15) is 5.82 Å². The molecule has 4 rings (SSSR count). The van der Waals surface area contributed by atoms with E-state index in [1.54, 1.807) is 18.2 Å². The molecule has 8 heteroatoms. The van der Waals surface area contributed by atoms with Crippen LogP contribution in [0.25, 0.3) is 0 Å². The molecule has 1 aliphatic carbocycles. The molecule has 1 amide bonds. The SMILES string of the molecule is O=C(CSc1nnc(Nc2ccccc2F)s1)N[C@H]1CCCc2ccccc21. The van der Waals surface area contributed by atoms with Gasteiger partial charge in [0, 0.05) is 0 Å². The van der Waals surface area contributed by atoms with Gasteiger partial charge in [-0.1, -0.05) is 59.5 Å². The maximum atomic E-state index is 13.7. The number of carbonyl (C=O) groups is 1. The van der Waals surface area contributed by atoms with E-state index in [9.17, 15) is 9.18 Å². The van der Waals surface area contributed by atoms with E-state index in [1.165, 1.54) is 40.3 Å². The first-order valence-electron chi connectivity index (χ1n) is 9.04. The molecule has 1 atom stereocenters. The van der Waals surface area contributed by atoms with Crippen molar-refractivity contribution < 1.29 is 9.18 Å². The van der Waals surface area contributed by atoms with Gasteiger partial charge in [0.05, 0.1) is 17.5 Å². The highest BCUT2D eigenvalue weighted by Crippen LogP contribution is 2.31. The first-order chi connectivity index (χ1) is 13.7. The predicted molar refractivity (Wildman–Crippen MR) is 111 cm³/mol. The fourth-order valence-electron chi connectivity index (χ4n) is 3.26. The molecule has 0 bridgehead atoms. The number of hydrogen-bond acceptors (Lipinski definition) is 6. The highest BCUT2D eigenvalue weighted by molar-refractivity contribution is 8.01. The third-order valence-electron chi connectivity index (χ3n) is 4.55. The number of anilines is 2. The van der Waals surface area contributed by atoms with Gasteiger partial charge in [-0.05, 0) is 42.5 Å². The number of aryl methyl sites for hydroxylation is 1. The van der Waals surface area contributed by atoms with Crippen molar-refractivity contribution in [3.63, 3.8) is 0 Å². The largest absolute Gasteiger partial charge is 0.349 e. The number of rotatable bonds is 6. The van der Waals surface area contributed by atoms with E-state index in [1.807, 2.05) is 12.1 Å². The zero-order valence-electron chi connectivity index (χ0n) is 15.0. The topological polar surface area (TPSA) is 66.9 Å². The predicted octanol–water partition coefficient (Wildman–Crippen LogP) is 4.71. The van der Waals surface area contributed by atoms with Crippen molar-refractivity contribution >= 4 is 39.8 Å². The van der Waals surface area contributed by atoms with Crippen LogP contribution in [0.2, 0.25) is 0 Å². The fraction of sp³-hybridized carbons (Fsp3) is 0.250. The van der Waals surface area contributed by atoms with Crippen LogP contribution in [0.3, 0.4) is 0 Å². The molecule has 0 unspecified atom stereocenters. The van der Waals surface area contributed by atoms with Gasteiger partial charge in [-0.3, -0.25) is 4.79 Å². The lowest BCUT2D eigenvalue weighted by Crippen LogP contribution is -2.32. The standard InChI is InChI=1S/C20H19FN4OS2/c21-15-9-3-4-10-17(15)23-19-24-25-20(28-19)27-12-18(26)22-16-11-5-7-13-6-1-2-8-14(13)16/h1-4,6,8-10,16H,5,7,11-12H2,(H,22,26)(H,23,24)/t16-/m0/s1. The third-order valence-corrected chi connectivity index (χ3v) is 6.53. The minimum atomic E-state index is -0.348. The quantitative estimate of drug-likeness (QED) is 0.572. The summed E-state index contributed by atoms with van der Waals surface area (Å²) in [6.45, 7) is 0. The molecule has 0 spiro atoms. The number of benzene rings is 2. The van der Waals surface area contributed by atoms with E-state index in [4.69, 9.17) is 0 Å². The van der Waals surface area contributed by atoms with Gasteiger partial charge >= 0.3 is 0 Å². The number of aromatic nitrogens is 2. The molecule has 1 heterocycles. The van der Waals surface area contributed by atoms with Crippen molar-refractivity contribution in [1.82, 2.24) is 15.5 Å². The Labute approximate surface area is 170 Å². The minimum absolute atomic E-state index is 0.0227. The van der Waals surface area contributed by atoms with Crippen LogP contribution in [0.5, 0.6) is 0 Å². The molecular weight excluding hydrogens is 395 g/mol. The first kappa shape index (κ1) is 18.9. The van der Waals surface area contributed by atoms with Gasteiger partial charge in [0.25, 0.3) is 0 Å². The minimum Gasteiger partial charge on any atom is -0.349 e. The van der Waals surface area contributed by atoms with Crippen molar-refractivity contribution in [3.05, 3.63) is 65.5 Å². The Morgan fingerprint density at radius 1 is 1.18 bits per heavy atom. The molecule has 1 aliphatic rings. The van der Waals surface area contributed by atoms with Gasteiger partial charge < -0.3 is 10.6 Å². The number of carbonyl (C=O) groups excluding carboxylic acids is 1. The van der Waals surface area contributed by atoms with Gasteiger partial charge in [-0.2, -0.15) is 0 Å². The third kappa shape index (κ3) is 4.51. The summed E-state index contributed by atoms with van der Waals surface area (Å²) >= 11 is 2.63. The Balaban J connectivity index is 1.31. The van der Waals surface area contributed by atoms with E-state index in [-0.39, 0.29) is 23.5 Å². The normalized spacial score (nSPS) is 15.7. The van der Waals surface area contributed by atoms with E-state index in [2.05, 4.69) is 33.0 Å². The van der Waals surface area contributed by atoms with Crippen LogP contribution >= 0.6 is 23.1 Å². The summed E-state index contributed by atoms with van der Waals surface area (Å²) in [5.41, 5.74) is 2.89. The Kier molecular flexibility index (Phi) is 5.87. The number of fused-ring (bicyclic) bond motifs is 1. The summed E-state index contributed by atoms with van der Waals surface area (Å²) in [5, 5.41) is 14.6. The van der Waals surface area contributed by atoms with Crippen LogP contribution in [-0.4, -0.2) is 21.9 Å². The number of thioether (sulfide) groups is 1. The molecule has 2 aromatic carbocycles. The average Bonchev–Trinajstić information content (AvgIpc) is 3.16. The number of para-hydroxylation sites is 1. The summed E-state index contributed by atoms with van der Waals surface area (Å²) in [6.07, 6.45) is 3.11. The number of halogens is 1. The van der Waals surface area contributed by atoms with Crippen molar-refractivity contribution in [1.29, 1.82) is 0 Å². The second kappa shape index (κ2) is 8.70. The van der Waals surface area contributed by atoms with Crippen LogP contribution < -0.4 is 10.6 Å². The zero-order chi connectivity index (χ0) is 19.3. The molecular formula is C20H19FN4OS2. The number of nitrogens with one attached hydrogen (secondary N) is 2. The van der Waals surface area contributed by atoms with Gasteiger partial charge in [-0.25, -0.2) is 4.39 Å². The second-order valence-electron chi connectivity index (χ2n) is 6.48. The molecule has 1 aromatic heterocycles. The van der Waals surface area contributed by atoms with Crippen molar-refractivity contribution in [2.24, 2.45) is 0 Å². The average molecular weight is 415 g/mol. The Bertz CT molecular complexity index is 978. The van der Waals surface area contributed by atoms with Crippen molar-refractivity contribution in [2.45, 2.75) is 29.6 Å². The first-order valence-corrected chi connectivity index (χ1v) is 10.8. The molecule has 3 aromatic rings. The summed E-state index contributed by atoms with van der Waals surface area (Å²) in [4.78, 5) is 12.4. The van der Waals surface area contributed by atoms with E-state index < -0.39 is 0 Å². The van der Waals surface area contributed by atoms with E-state index in [0.29, 0.717) is 15.2 Å². The smallest absolute Gasteiger partial charge is 0.230 e. The lowest BCUT2D eigenvalue weighted by Gasteiger charge is -2.26. The summed E-state index contributed by atoms with van der Waals surface area (Å²) in [6, 6.07) is 14.8. The summed E-state index contributed by atoms with van der Waals surface area (Å²) in [5.74, 6) is -0.0999. The number of hydrogen-bond donors (Lipinski definition) is 2. The van der Waals surface area contributed by atoms with Crippen LogP contribution in [-0.2, 0) is 11.2 Å². The monoisotopic (exact) mass is 414 g/mol. The Morgan fingerprint density at radius 3 is 2.89 bits per heavy atom. The van der Waals surface area contributed by atoms with Gasteiger partial charge in [-0.15, -0.1) is 10.2 Å². The molecule has 28 heavy (non-hydrogen) atoms. The number of amides is 1. The maximum Gasteiger partial charge on any atom is 0.230 e. The maximum absolute atomic E-state index is 13.7. The Morgan fingerprint density at radius 2 is 2.00 bits per heavy atom. The lowest BCUT2D eigenvalue weighted by atomic mass is 9.88. The second-order valence-corrected chi connectivity index (χ2v) is 8.68. The van der Waals surface area contributed by atoms with Crippen LogP contribution in [0.15, 0.2) is 52.9 Å². The molecule has 0 saturated heterocycles. The van der Waals surface area contributed by atoms with E-state index in [0.717, 1.165) is 19.3 Å². The van der Waals surface area contributed by atoms with Crippen molar-refractivity contribution in [2.75, 3.05) is 11.1 Å². The molecule has 5 nitrogen and oxygen atoms in total. The Hall–Kier alpha value is -2.45. The zero-order valence-corrected chi connectivity index (χ0v) is 16.7. The molecule has 0 radical (unpaired) electrons. The van der Waals surface area contributed by atoms with Gasteiger partial charge in [0.2, 0.25) is 11.0 Å². The molecule has 0 fully saturated rings. The molecule has 2 N–H and O–H groups in total. The summed E-state index contributed by atoms with van der Waals surface area (Å²) < 4.78 is 14.4. The highest BCUT2D eigenvalue weighted by atomic mass is 32.2. The molecule has 0 aliphatic heterocycles. The molecule has 0 saturated carbocycles. The van der Waals surface area contributed by atoms with Crippen LogP contribution in [0.4, 0.5) is 15.2 Å². The van der Waals surface area contributed by atoms with Gasteiger partial charge in [0.15, 0.2) is 4.34 Å². The highest BCUT2D eigenvalue weighted by Gasteiger charge is 2.21. The van der Waals surface area contributed by atoms with Crippen molar-refractivity contribution in [3.8, 4) is 0 Å².